The molecule has 0 amide bonds. The minimum Gasteiger partial charge on any atom is -0.384 e. The van der Waals surface area contributed by atoms with Crippen molar-refractivity contribution in [3.63, 3.8) is 0 Å². The highest BCUT2D eigenvalue weighted by Crippen LogP contribution is 2.32. The molecule has 3 N–H and O–H groups in total. The van der Waals surface area contributed by atoms with Crippen LogP contribution >= 0.6 is 0 Å². The smallest absolute Gasteiger partial charge is 0.227 e. The highest BCUT2D eigenvalue weighted by Gasteiger charge is 2.29. The Hall–Kier alpha value is -2.81. The lowest BCUT2D eigenvalue weighted by Crippen LogP contribution is -2.28. The third-order valence-electron chi connectivity index (χ3n) is 3.14. The van der Waals surface area contributed by atoms with Crippen LogP contribution in [0.5, 0.6) is 0 Å². The van der Waals surface area contributed by atoms with Crippen LogP contribution in [-0.4, -0.2) is 14.8 Å². The van der Waals surface area contributed by atoms with E-state index in [0.29, 0.717) is 17.3 Å². The molecular formula is C13H12N6. The van der Waals surface area contributed by atoms with Crippen molar-refractivity contribution in [1.82, 2.24) is 14.8 Å². The summed E-state index contributed by atoms with van der Waals surface area (Å²) in [5.41, 5.74) is 8.45. The number of nitrogens with one attached hydrogen (secondary N) is 1. The first-order valence-electron chi connectivity index (χ1n) is 5.83. The van der Waals surface area contributed by atoms with Crippen molar-refractivity contribution in [3.05, 3.63) is 53.1 Å². The molecule has 0 saturated carbocycles. The number of nitrogens with zero attached hydrogens (tertiary/aromatic N) is 4. The lowest BCUT2D eigenvalue weighted by molar-refractivity contribution is 0.585. The molecule has 0 radical (unpaired) electrons. The van der Waals surface area contributed by atoms with Gasteiger partial charge in [-0.1, -0.05) is 29.8 Å². The summed E-state index contributed by atoms with van der Waals surface area (Å²) in [5, 5.41) is 16.4. The summed E-state index contributed by atoms with van der Waals surface area (Å²) in [4.78, 5) is 4.09. The molecule has 6 heteroatoms. The molecule has 1 aromatic carbocycles. The van der Waals surface area contributed by atoms with Crippen LogP contribution in [-0.2, 0) is 0 Å². The minimum absolute atomic E-state index is 0.327. The van der Waals surface area contributed by atoms with Gasteiger partial charge in [-0.15, -0.1) is 0 Å². The predicted molar refractivity (Wildman–Crippen MR) is 69.8 cm³/mol. The average molecular weight is 252 g/mol. The second-order valence-electron chi connectivity index (χ2n) is 4.41. The topological polar surface area (TPSA) is 92.6 Å². The van der Waals surface area contributed by atoms with Gasteiger partial charge in [-0.3, -0.25) is 0 Å². The van der Waals surface area contributed by atoms with Gasteiger partial charge in [0.25, 0.3) is 0 Å². The summed E-state index contributed by atoms with van der Waals surface area (Å²) in [6.07, 6.45) is 1.44. The molecule has 1 aliphatic rings. The summed E-state index contributed by atoms with van der Waals surface area (Å²) < 4.78 is 1.67. The van der Waals surface area contributed by atoms with Crippen molar-refractivity contribution >= 4 is 5.95 Å². The van der Waals surface area contributed by atoms with E-state index < -0.39 is 0 Å². The Morgan fingerprint density at radius 1 is 1.37 bits per heavy atom. The molecule has 0 bridgehead atoms. The van der Waals surface area contributed by atoms with Gasteiger partial charge < -0.3 is 11.1 Å². The van der Waals surface area contributed by atoms with Crippen LogP contribution in [0.4, 0.5) is 5.95 Å². The standard InChI is InChI=1S/C13H12N6/c1-8-2-4-9(5-3-8)11-10(6-14)12(15)18-13-16-7-17-19(11)13/h2-5,7,11H,15H2,1H3,(H,16,17,18). The van der Waals surface area contributed by atoms with Gasteiger partial charge in [0.15, 0.2) is 0 Å². The first-order chi connectivity index (χ1) is 9.20. The number of fused-ring (bicyclic) bond motifs is 1. The number of allylic oxidation sites excluding steroid dienone is 1. The summed E-state index contributed by atoms with van der Waals surface area (Å²) in [7, 11) is 0. The fraction of sp³-hybridized carbons (Fsp3) is 0.154. The molecule has 1 unspecified atom stereocenters. The van der Waals surface area contributed by atoms with Crippen molar-refractivity contribution in [2.75, 3.05) is 5.32 Å². The van der Waals surface area contributed by atoms with Crippen molar-refractivity contribution in [2.45, 2.75) is 13.0 Å². The van der Waals surface area contributed by atoms with E-state index in [0.717, 1.165) is 11.1 Å². The van der Waals surface area contributed by atoms with Gasteiger partial charge in [0.2, 0.25) is 5.95 Å². The summed E-state index contributed by atoms with van der Waals surface area (Å²) in [5.74, 6) is 0.871. The maximum Gasteiger partial charge on any atom is 0.227 e. The normalized spacial score (nSPS) is 17.6. The van der Waals surface area contributed by atoms with Crippen molar-refractivity contribution in [2.24, 2.45) is 5.73 Å². The number of aromatic nitrogens is 3. The monoisotopic (exact) mass is 252 g/mol. The van der Waals surface area contributed by atoms with Gasteiger partial charge >= 0.3 is 0 Å². The molecule has 2 aromatic rings. The van der Waals surface area contributed by atoms with Crippen LogP contribution in [0.1, 0.15) is 17.2 Å². The van der Waals surface area contributed by atoms with E-state index in [2.05, 4.69) is 21.5 Å². The Bertz CT molecular complexity index is 689. The van der Waals surface area contributed by atoms with Crippen LogP contribution < -0.4 is 11.1 Å². The molecule has 19 heavy (non-hydrogen) atoms. The molecule has 1 aromatic heterocycles. The minimum atomic E-state index is -0.329. The maximum atomic E-state index is 9.32. The summed E-state index contributed by atoms with van der Waals surface area (Å²) in [6, 6.07) is 9.77. The van der Waals surface area contributed by atoms with E-state index in [9.17, 15) is 5.26 Å². The van der Waals surface area contributed by atoms with E-state index in [1.165, 1.54) is 6.33 Å². The zero-order valence-electron chi connectivity index (χ0n) is 10.3. The lowest BCUT2D eigenvalue weighted by atomic mass is 9.97. The summed E-state index contributed by atoms with van der Waals surface area (Å²) >= 11 is 0. The van der Waals surface area contributed by atoms with Gasteiger partial charge in [0, 0.05) is 0 Å². The van der Waals surface area contributed by atoms with Crippen molar-refractivity contribution in [3.8, 4) is 6.07 Å². The van der Waals surface area contributed by atoms with Crippen LogP contribution in [0.3, 0.4) is 0 Å². The zero-order valence-corrected chi connectivity index (χ0v) is 10.3. The fourth-order valence-corrected chi connectivity index (χ4v) is 2.16. The molecule has 3 rings (SSSR count). The van der Waals surface area contributed by atoms with Crippen molar-refractivity contribution in [1.29, 1.82) is 5.26 Å². The average Bonchev–Trinajstić information content (AvgIpc) is 2.86. The third kappa shape index (κ3) is 1.72. The van der Waals surface area contributed by atoms with E-state index >= 15 is 0 Å². The Morgan fingerprint density at radius 2 is 2.11 bits per heavy atom. The molecule has 94 valence electrons. The van der Waals surface area contributed by atoms with Gasteiger partial charge in [-0.05, 0) is 12.5 Å². The first kappa shape index (κ1) is 11.3. The predicted octanol–water partition coefficient (Wildman–Crippen LogP) is 1.30. The second-order valence-corrected chi connectivity index (χ2v) is 4.41. The summed E-state index contributed by atoms with van der Waals surface area (Å²) in [6.45, 7) is 2.02. The highest BCUT2D eigenvalue weighted by molar-refractivity contribution is 5.51. The Kier molecular flexibility index (Phi) is 2.46. The van der Waals surface area contributed by atoms with E-state index in [4.69, 9.17) is 5.73 Å². The van der Waals surface area contributed by atoms with Gasteiger partial charge in [0.05, 0.1) is 5.57 Å². The first-order valence-corrected chi connectivity index (χ1v) is 5.83. The molecule has 0 fully saturated rings. The molecule has 6 nitrogen and oxygen atoms in total. The SMILES string of the molecule is Cc1ccc(C2C(C#N)=C(N)Nc3ncnn32)cc1. The number of nitriles is 1. The fourth-order valence-electron chi connectivity index (χ4n) is 2.16. The van der Waals surface area contributed by atoms with E-state index in [1.807, 2.05) is 31.2 Å². The van der Waals surface area contributed by atoms with Gasteiger partial charge in [-0.25, -0.2) is 4.68 Å². The number of nitrogens with two attached hydrogens (primary N) is 1. The van der Waals surface area contributed by atoms with Crippen LogP contribution in [0, 0.1) is 18.3 Å². The zero-order chi connectivity index (χ0) is 13.4. The third-order valence-corrected chi connectivity index (χ3v) is 3.14. The van der Waals surface area contributed by atoms with Crippen LogP contribution in [0.2, 0.25) is 0 Å². The largest absolute Gasteiger partial charge is 0.384 e. The highest BCUT2D eigenvalue weighted by atomic mass is 15.4. The molecule has 0 saturated heterocycles. The molecular weight excluding hydrogens is 240 g/mol. The molecule has 1 atom stereocenters. The van der Waals surface area contributed by atoms with Crippen LogP contribution in [0.15, 0.2) is 42.0 Å². The molecule has 0 spiro atoms. The number of anilines is 1. The number of hydrogen-bond donors (Lipinski definition) is 2. The number of benzene rings is 1. The molecule has 2 heterocycles. The Morgan fingerprint density at radius 3 is 2.79 bits per heavy atom. The number of hydrogen-bond acceptors (Lipinski definition) is 5. The van der Waals surface area contributed by atoms with E-state index in [1.54, 1.807) is 4.68 Å². The number of rotatable bonds is 1. The van der Waals surface area contributed by atoms with Gasteiger partial charge in [0.1, 0.15) is 24.3 Å². The molecule has 1 aliphatic heterocycles. The second kappa shape index (κ2) is 4.14. The van der Waals surface area contributed by atoms with Crippen molar-refractivity contribution < 1.29 is 0 Å². The van der Waals surface area contributed by atoms with Gasteiger partial charge in [-0.2, -0.15) is 15.3 Å². The number of aryl methyl sites for hydroxylation is 1. The lowest BCUT2D eigenvalue weighted by Gasteiger charge is -2.25. The quantitative estimate of drug-likeness (QED) is 0.797. The van der Waals surface area contributed by atoms with Crippen LogP contribution in [0.25, 0.3) is 0 Å². The molecule has 0 aliphatic carbocycles. The Balaban J connectivity index is 2.18. The van der Waals surface area contributed by atoms with E-state index in [-0.39, 0.29) is 6.04 Å². The maximum absolute atomic E-state index is 9.32. The Labute approximate surface area is 110 Å².